The number of hydrogen-bond donors (Lipinski definition) is 2. The number of nitrogens with two attached hydrogens (primary N) is 2. The van der Waals surface area contributed by atoms with Crippen LogP contribution in [0.2, 0.25) is 0 Å². The standard InChI is InChI=1S/C20H17N9/c21-13-7-8-14(25-15-11-23-28-9-3-1-5-17(15)28)20(27-19(13)22)26-16-12-24-29-10-4-2-6-18(16)29/h1-7,9-12H,8,21H2,(H2,22,26,27). The second kappa shape index (κ2) is 6.71. The van der Waals surface area contributed by atoms with Crippen LogP contribution in [0, 0.1) is 0 Å². The molecule has 9 heteroatoms. The predicted molar refractivity (Wildman–Crippen MR) is 113 cm³/mol. The van der Waals surface area contributed by atoms with Gasteiger partial charge in [0.1, 0.15) is 17.2 Å². The van der Waals surface area contributed by atoms with E-state index in [9.17, 15) is 0 Å². The average Bonchev–Trinajstić information content (AvgIpc) is 3.31. The third-order valence-corrected chi connectivity index (χ3v) is 4.59. The van der Waals surface area contributed by atoms with E-state index in [1.807, 2.05) is 48.8 Å². The van der Waals surface area contributed by atoms with Crippen LogP contribution in [-0.4, -0.2) is 36.6 Å². The van der Waals surface area contributed by atoms with Crippen LogP contribution in [0.15, 0.2) is 87.9 Å². The zero-order valence-electron chi connectivity index (χ0n) is 15.3. The highest BCUT2D eigenvalue weighted by atomic mass is 15.2. The first-order valence-electron chi connectivity index (χ1n) is 9.00. The first-order valence-corrected chi connectivity index (χ1v) is 9.00. The second-order valence-corrected chi connectivity index (χ2v) is 6.48. The van der Waals surface area contributed by atoms with Crippen molar-refractivity contribution in [2.24, 2.45) is 26.4 Å². The van der Waals surface area contributed by atoms with Crippen molar-refractivity contribution in [2.75, 3.05) is 0 Å². The number of aliphatic imine (C=N–C) groups is 3. The molecule has 0 radical (unpaired) electrons. The molecule has 5 heterocycles. The number of pyridine rings is 2. The zero-order chi connectivity index (χ0) is 19.8. The van der Waals surface area contributed by atoms with Crippen molar-refractivity contribution in [2.45, 2.75) is 6.42 Å². The van der Waals surface area contributed by atoms with E-state index >= 15 is 0 Å². The minimum absolute atomic E-state index is 0.213. The summed E-state index contributed by atoms with van der Waals surface area (Å²) in [5, 5.41) is 8.66. The molecule has 0 aromatic carbocycles. The number of hydrogen-bond acceptors (Lipinski definition) is 6. The van der Waals surface area contributed by atoms with E-state index in [0.717, 1.165) is 16.7 Å². The Morgan fingerprint density at radius 1 is 0.828 bits per heavy atom. The summed E-state index contributed by atoms with van der Waals surface area (Å²) in [5.41, 5.74) is 16.2. The van der Waals surface area contributed by atoms with E-state index in [1.54, 1.807) is 27.5 Å². The summed E-state index contributed by atoms with van der Waals surface area (Å²) in [7, 11) is 0. The first kappa shape index (κ1) is 16.9. The van der Waals surface area contributed by atoms with Crippen molar-refractivity contribution < 1.29 is 0 Å². The average molecular weight is 383 g/mol. The van der Waals surface area contributed by atoms with Gasteiger partial charge < -0.3 is 11.5 Å². The Kier molecular flexibility index (Phi) is 3.91. The molecule has 1 aliphatic heterocycles. The molecule has 0 aliphatic carbocycles. The molecule has 0 spiro atoms. The Labute approximate surface area is 165 Å². The van der Waals surface area contributed by atoms with Gasteiger partial charge in [-0.05, 0) is 24.3 Å². The van der Waals surface area contributed by atoms with Gasteiger partial charge in [0.2, 0.25) is 0 Å². The van der Waals surface area contributed by atoms with Gasteiger partial charge in [-0.15, -0.1) is 0 Å². The van der Waals surface area contributed by atoms with Crippen molar-refractivity contribution in [1.82, 2.24) is 19.2 Å². The number of fused-ring (bicyclic) bond motifs is 2. The predicted octanol–water partition coefficient (Wildman–Crippen LogP) is 2.39. The van der Waals surface area contributed by atoms with Gasteiger partial charge in [-0.25, -0.2) is 24.0 Å². The molecule has 0 unspecified atom stereocenters. The van der Waals surface area contributed by atoms with Gasteiger partial charge in [0.05, 0.1) is 34.8 Å². The summed E-state index contributed by atoms with van der Waals surface area (Å²) in [6.45, 7) is 0. The maximum absolute atomic E-state index is 6.02. The molecule has 0 atom stereocenters. The molecule has 0 fully saturated rings. The van der Waals surface area contributed by atoms with Crippen molar-refractivity contribution in [3.8, 4) is 0 Å². The number of aromatic nitrogens is 4. The highest BCUT2D eigenvalue weighted by Gasteiger charge is 2.16. The van der Waals surface area contributed by atoms with Gasteiger partial charge in [0, 0.05) is 18.8 Å². The molecule has 0 saturated carbocycles. The van der Waals surface area contributed by atoms with E-state index in [-0.39, 0.29) is 5.84 Å². The molecule has 0 bridgehead atoms. The summed E-state index contributed by atoms with van der Waals surface area (Å²) in [6, 6.07) is 11.6. The first-order chi connectivity index (χ1) is 14.2. The highest BCUT2D eigenvalue weighted by Crippen LogP contribution is 2.24. The lowest BCUT2D eigenvalue weighted by molar-refractivity contribution is 0.961. The molecule has 9 nitrogen and oxygen atoms in total. The van der Waals surface area contributed by atoms with Crippen LogP contribution in [0.4, 0.5) is 11.4 Å². The summed E-state index contributed by atoms with van der Waals surface area (Å²) < 4.78 is 3.51. The molecular weight excluding hydrogens is 366 g/mol. The fourth-order valence-electron chi connectivity index (χ4n) is 3.10. The fraction of sp³-hybridized carbons (Fsp3) is 0.0500. The Balaban J connectivity index is 1.67. The largest absolute Gasteiger partial charge is 0.396 e. The van der Waals surface area contributed by atoms with E-state index < -0.39 is 0 Å². The Morgan fingerprint density at radius 3 is 2.10 bits per heavy atom. The molecule has 142 valence electrons. The lowest BCUT2D eigenvalue weighted by atomic mass is 10.2. The van der Waals surface area contributed by atoms with E-state index in [0.29, 0.717) is 29.4 Å². The van der Waals surface area contributed by atoms with E-state index in [1.165, 1.54) is 0 Å². The minimum Gasteiger partial charge on any atom is -0.396 e. The van der Waals surface area contributed by atoms with Gasteiger partial charge in [0.15, 0.2) is 5.84 Å². The Hall–Kier alpha value is -4.27. The summed E-state index contributed by atoms with van der Waals surface area (Å²) in [6.07, 6.45) is 9.36. The highest BCUT2D eigenvalue weighted by molar-refractivity contribution is 6.45. The second-order valence-electron chi connectivity index (χ2n) is 6.48. The van der Waals surface area contributed by atoms with Crippen molar-refractivity contribution >= 4 is 39.8 Å². The lowest BCUT2D eigenvalue weighted by Gasteiger charge is -2.03. The van der Waals surface area contributed by atoms with Crippen molar-refractivity contribution in [1.29, 1.82) is 0 Å². The Bertz CT molecular complexity index is 1350. The number of nitrogens with zero attached hydrogens (tertiary/aromatic N) is 7. The smallest absolute Gasteiger partial charge is 0.177 e. The van der Waals surface area contributed by atoms with Gasteiger partial charge in [0.25, 0.3) is 0 Å². The van der Waals surface area contributed by atoms with Gasteiger partial charge in [-0.1, -0.05) is 18.2 Å². The zero-order valence-corrected chi connectivity index (χ0v) is 15.3. The number of rotatable bonds is 2. The molecule has 1 aliphatic rings. The maximum Gasteiger partial charge on any atom is 0.177 e. The molecule has 0 amide bonds. The number of allylic oxidation sites excluding steroid dienone is 1. The van der Waals surface area contributed by atoms with Crippen molar-refractivity contribution in [3.05, 3.63) is 73.0 Å². The molecule has 5 rings (SSSR count). The summed E-state index contributed by atoms with van der Waals surface area (Å²) >= 11 is 0. The van der Waals surface area contributed by atoms with Gasteiger partial charge in [-0.2, -0.15) is 10.2 Å². The SMILES string of the molecule is NC1=CCC(=Nc2cnn3ccccc23)C(=Nc2cnn3ccccc23)N=C1N. The molecular formula is C20H17N9. The van der Waals surface area contributed by atoms with Crippen LogP contribution in [0.1, 0.15) is 6.42 Å². The summed E-state index contributed by atoms with van der Waals surface area (Å²) in [5.74, 6) is 0.610. The lowest BCUT2D eigenvalue weighted by Crippen LogP contribution is -2.21. The molecule has 4 aromatic heterocycles. The normalized spacial score (nSPS) is 17.7. The van der Waals surface area contributed by atoms with Crippen LogP contribution in [0.3, 0.4) is 0 Å². The van der Waals surface area contributed by atoms with Gasteiger partial charge >= 0.3 is 0 Å². The summed E-state index contributed by atoms with van der Waals surface area (Å²) in [4.78, 5) is 13.9. The van der Waals surface area contributed by atoms with Crippen LogP contribution in [0.5, 0.6) is 0 Å². The molecule has 29 heavy (non-hydrogen) atoms. The number of amidine groups is 2. The third kappa shape index (κ3) is 3.04. The van der Waals surface area contributed by atoms with Crippen LogP contribution in [-0.2, 0) is 0 Å². The van der Waals surface area contributed by atoms with Gasteiger partial charge in [-0.3, -0.25) is 0 Å². The monoisotopic (exact) mass is 383 g/mol. The fourth-order valence-corrected chi connectivity index (χ4v) is 3.10. The Morgan fingerprint density at radius 2 is 1.45 bits per heavy atom. The van der Waals surface area contributed by atoms with Crippen molar-refractivity contribution in [3.63, 3.8) is 0 Å². The quantitative estimate of drug-likeness (QED) is 0.551. The van der Waals surface area contributed by atoms with Crippen LogP contribution in [0.25, 0.3) is 11.0 Å². The van der Waals surface area contributed by atoms with Crippen LogP contribution >= 0.6 is 0 Å². The van der Waals surface area contributed by atoms with E-state index in [2.05, 4.69) is 15.2 Å². The molecule has 4 aromatic rings. The maximum atomic E-state index is 6.02. The van der Waals surface area contributed by atoms with Crippen LogP contribution < -0.4 is 11.5 Å². The minimum atomic E-state index is 0.213. The third-order valence-electron chi connectivity index (χ3n) is 4.59. The van der Waals surface area contributed by atoms with E-state index in [4.69, 9.17) is 21.5 Å². The topological polar surface area (TPSA) is 124 Å². The molecule has 0 saturated heterocycles. The molecule has 4 N–H and O–H groups in total.